The van der Waals surface area contributed by atoms with Gasteiger partial charge in [0.2, 0.25) is 13.4 Å². The number of ether oxygens (including phenoxy) is 9. The van der Waals surface area contributed by atoms with E-state index in [2.05, 4.69) is 10.0 Å². The van der Waals surface area contributed by atoms with E-state index in [4.69, 9.17) is 53.6 Å². The smallest absolute Gasteiger partial charge is 0.338 e. The predicted octanol–water partition coefficient (Wildman–Crippen LogP) is 3.20. The standard InChI is InChI=1S/C33H40BN4O13S/c1-18(35)46-33-30(47-20(3)40)27(45-16-22-13-9-6-10-14-22)28(29(50-33)31(41)42-4)49-32-24(37-38-36)26(44-15-21-11-7-5-8-12-21)25(51-52-34)23(48-32)17-43-19(2)39/h5-14,23-30,32-35H,15-17H2,1-4H3/t23?,24?,25-,26+,27+,28+,29?,30?,32-,33+/m0/s1/i34T. The molecule has 2 heterocycles. The van der Waals surface area contributed by atoms with E-state index in [0.717, 1.165) is 26.7 Å². The second-order valence-corrected chi connectivity index (χ2v) is 11.9. The van der Waals surface area contributed by atoms with Crippen LogP contribution in [0.1, 0.15) is 31.9 Å². The van der Waals surface area contributed by atoms with Gasteiger partial charge in [0.1, 0.15) is 43.2 Å². The van der Waals surface area contributed by atoms with Crippen molar-refractivity contribution in [2.75, 3.05) is 13.7 Å². The van der Waals surface area contributed by atoms with E-state index in [1.807, 2.05) is 36.4 Å². The van der Waals surface area contributed by atoms with Crippen LogP contribution in [0.3, 0.4) is 0 Å². The molecule has 2 aromatic carbocycles. The fraction of sp³-hybridized carbons (Fsp3) is 0.515. The maximum Gasteiger partial charge on any atom is 0.338 e. The fourth-order valence-electron chi connectivity index (χ4n) is 5.62. The molecule has 1 N–H and O–H groups in total. The second-order valence-electron chi connectivity index (χ2n) is 11.5. The fourth-order valence-corrected chi connectivity index (χ4v) is 5.98. The molecule has 2 aromatic rings. The first-order chi connectivity index (χ1) is 25.6. The number of hydrogen-bond donors (Lipinski definition) is 1. The van der Waals surface area contributed by atoms with Crippen LogP contribution < -0.4 is 0 Å². The summed E-state index contributed by atoms with van der Waals surface area (Å²) in [6.45, 7) is 3.21. The lowest BCUT2D eigenvalue weighted by molar-refractivity contribution is -0.338. The third-order valence-electron chi connectivity index (χ3n) is 7.80. The lowest BCUT2D eigenvalue weighted by Crippen LogP contribution is -2.66. The number of hydrogen-bond acceptors (Lipinski definition) is 16. The Balaban J connectivity index is 1.81. The molecular weight excluding hydrogens is 703 g/mol. The van der Waals surface area contributed by atoms with Gasteiger partial charge in [-0.05, 0) is 18.0 Å². The van der Waals surface area contributed by atoms with E-state index in [1.54, 1.807) is 24.3 Å². The van der Waals surface area contributed by atoms with Crippen molar-refractivity contribution >= 4 is 42.8 Å². The number of nitrogens with zero attached hydrogens (tertiary/aromatic N) is 3. The molecule has 4 unspecified atom stereocenters. The molecule has 2 fully saturated rings. The number of methoxy groups -OCH3 is 1. The molecule has 0 bridgehead atoms. The lowest BCUT2D eigenvalue weighted by atomic mass is 9.95. The summed E-state index contributed by atoms with van der Waals surface area (Å²) >= 11 is 0.643. The Kier molecular flexibility index (Phi) is 15.1. The number of carbonyl (C=O) groups is 3. The molecule has 0 spiro atoms. The minimum atomic E-state index is -1.65. The van der Waals surface area contributed by atoms with Crippen LogP contribution in [0.15, 0.2) is 65.8 Å². The summed E-state index contributed by atoms with van der Waals surface area (Å²) in [6.07, 6.45) is -12.5. The van der Waals surface area contributed by atoms with Gasteiger partial charge in [-0.3, -0.25) is 15.0 Å². The Hall–Kier alpha value is -4.20. The zero-order valence-electron chi connectivity index (χ0n) is 29.8. The van der Waals surface area contributed by atoms with Gasteiger partial charge in [-0.15, -0.1) is 0 Å². The average Bonchev–Trinajstić information content (AvgIpc) is 3.14. The van der Waals surface area contributed by atoms with Gasteiger partial charge < -0.3 is 46.8 Å². The van der Waals surface area contributed by atoms with Crippen LogP contribution in [-0.4, -0.2) is 107 Å². The van der Waals surface area contributed by atoms with Gasteiger partial charge in [-0.25, -0.2) is 4.79 Å². The first kappa shape index (κ1) is 39.0. The Morgan fingerprint density at radius 2 is 1.52 bits per heavy atom. The van der Waals surface area contributed by atoms with Gasteiger partial charge in [-0.1, -0.05) is 77.7 Å². The number of carbonyl (C=O) groups excluding carboxylic acids is 3. The Labute approximate surface area is 306 Å². The summed E-state index contributed by atoms with van der Waals surface area (Å²) in [5, 5.41) is 11.9. The van der Waals surface area contributed by atoms with Crippen LogP contribution in [0.4, 0.5) is 0 Å². The predicted molar refractivity (Wildman–Crippen MR) is 183 cm³/mol. The van der Waals surface area contributed by atoms with Crippen molar-refractivity contribution in [1.29, 1.82) is 6.74 Å². The Bertz CT molecular complexity index is 1560. The van der Waals surface area contributed by atoms with Crippen molar-refractivity contribution in [2.45, 2.75) is 95.3 Å². The number of azide groups is 1. The quantitative estimate of drug-likeness (QED) is 0.0283. The van der Waals surface area contributed by atoms with Gasteiger partial charge in [-0.2, -0.15) is 0 Å². The Morgan fingerprint density at radius 3 is 2.06 bits per heavy atom. The summed E-state index contributed by atoms with van der Waals surface area (Å²) in [6, 6.07) is 16.7. The van der Waals surface area contributed by atoms with Crippen LogP contribution in [0, 0.1) is 5.41 Å². The highest BCUT2D eigenvalue weighted by atomic mass is 32.2. The molecule has 0 amide bonds. The second kappa shape index (κ2) is 20.2. The van der Waals surface area contributed by atoms with Crippen molar-refractivity contribution < 1.29 is 61.2 Å². The van der Waals surface area contributed by atoms with Gasteiger partial charge in [0, 0.05) is 25.7 Å². The summed E-state index contributed by atoms with van der Waals surface area (Å²) in [5.74, 6) is -2.68. The molecule has 2 saturated heterocycles. The number of rotatable bonds is 17. The molecule has 2 aliphatic heterocycles. The van der Waals surface area contributed by atoms with E-state index in [-0.39, 0.29) is 25.7 Å². The average molecular weight is 746 g/mol. The zero-order chi connectivity index (χ0) is 38.3. The summed E-state index contributed by atoms with van der Waals surface area (Å²) < 4.78 is 66.3. The molecule has 19 heteroatoms. The van der Waals surface area contributed by atoms with Crippen LogP contribution in [-0.2, 0) is 74.4 Å². The highest BCUT2D eigenvalue weighted by Gasteiger charge is 2.57. The molecule has 10 atom stereocenters. The van der Waals surface area contributed by atoms with E-state index in [1.165, 1.54) is 13.8 Å². The summed E-state index contributed by atoms with van der Waals surface area (Å²) in [7, 11) is 2.03. The molecule has 2 aliphatic rings. The SMILES string of the molecule is [3H][B]SO[C@H]1C(COC(C)=O)O[C@@H](O[C@H]2C(C(=O)OC)O[C@@H](OC(C)=N)C(OC(C)=O)[C@@H]2OCc2ccccc2)C(N=[N+]=[N-])[C@H]1OCc1ccccc1. The molecule has 4 rings (SSSR count). The minimum Gasteiger partial charge on any atom is -0.467 e. The van der Waals surface area contributed by atoms with Crippen molar-refractivity contribution in [2.24, 2.45) is 5.11 Å². The van der Waals surface area contributed by atoms with Gasteiger partial charge in [0.25, 0.3) is 0 Å². The van der Waals surface area contributed by atoms with Gasteiger partial charge in [0.15, 0.2) is 24.4 Å². The molecule has 17 nitrogen and oxygen atoms in total. The molecule has 1 radical (unpaired) electrons. The van der Waals surface area contributed by atoms with Gasteiger partial charge in [0.05, 0.1) is 20.3 Å². The zero-order valence-corrected chi connectivity index (χ0v) is 29.6. The van der Waals surface area contributed by atoms with E-state index < -0.39 is 79.3 Å². The van der Waals surface area contributed by atoms with E-state index in [9.17, 15) is 19.9 Å². The maximum absolute atomic E-state index is 13.4. The van der Waals surface area contributed by atoms with Crippen LogP contribution in [0.25, 0.3) is 10.4 Å². The number of nitrogens with one attached hydrogen (secondary N) is 1. The van der Waals surface area contributed by atoms with Crippen LogP contribution >= 0.6 is 11.9 Å². The molecule has 0 aliphatic carbocycles. The third-order valence-corrected chi connectivity index (χ3v) is 8.14. The number of esters is 3. The van der Waals surface area contributed by atoms with E-state index in [0.29, 0.717) is 17.5 Å². The van der Waals surface area contributed by atoms with Crippen LogP contribution in [0.5, 0.6) is 0 Å². The summed E-state index contributed by atoms with van der Waals surface area (Å²) in [5.41, 5.74) is 11.2. The normalized spacial score (nSPS) is 28.7. The largest absolute Gasteiger partial charge is 0.467 e. The summed E-state index contributed by atoms with van der Waals surface area (Å²) in [4.78, 5) is 40.8. The highest BCUT2D eigenvalue weighted by Crippen LogP contribution is 2.36. The van der Waals surface area contributed by atoms with Crippen molar-refractivity contribution in [3.63, 3.8) is 0 Å². The highest BCUT2D eigenvalue weighted by molar-refractivity contribution is 8.15. The van der Waals surface area contributed by atoms with Crippen LogP contribution in [0.2, 0.25) is 0 Å². The molecule has 0 saturated carbocycles. The molecule has 0 aromatic heterocycles. The molecule has 52 heavy (non-hydrogen) atoms. The maximum atomic E-state index is 13.4. The third kappa shape index (κ3) is 11.2. The molecule has 279 valence electrons. The first-order valence-corrected chi connectivity index (χ1v) is 16.8. The topological polar surface area (TPSA) is 216 Å². The van der Waals surface area contributed by atoms with Crippen molar-refractivity contribution in [3.8, 4) is 0 Å². The lowest BCUT2D eigenvalue weighted by Gasteiger charge is -2.48. The van der Waals surface area contributed by atoms with Crippen molar-refractivity contribution in [3.05, 3.63) is 82.2 Å². The number of benzene rings is 2. The first-order valence-electron chi connectivity index (χ1n) is 16.6. The van der Waals surface area contributed by atoms with Gasteiger partial charge >= 0.3 is 17.9 Å². The molecular formula is C33H40BN4O13S. The van der Waals surface area contributed by atoms with Crippen molar-refractivity contribution in [1.82, 2.24) is 0 Å². The minimum absolute atomic E-state index is 0.00172. The monoisotopic (exact) mass is 745 g/mol. The Morgan fingerprint density at radius 1 is 0.885 bits per heavy atom. The van der Waals surface area contributed by atoms with E-state index >= 15 is 0 Å².